The maximum Gasteiger partial charge on any atom is 0.408 e. The summed E-state index contributed by atoms with van der Waals surface area (Å²) in [6, 6.07) is 7.35. The molecule has 0 saturated carbocycles. The van der Waals surface area contributed by atoms with Crippen LogP contribution >= 0.6 is 0 Å². The lowest BCUT2D eigenvalue weighted by molar-refractivity contribution is 0.0470. The fraction of sp³-hybridized carbons (Fsp3) is 0.611. The molecule has 0 aliphatic heterocycles. The second-order valence-corrected chi connectivity index (χ2v) is 7.44. The SMILES string of the molecule is CCC(NCC(C)(C)NC(=O)OC(C)(C)C)c1ccc(O)cc1. The van der Waals surface area contributed by atoms with Crippen LogP contribution in [-0.4, -0.2) is 28.9 Å². The first-order valence-corrected chi connectivity index (χ1v) is 8.06. The first kappa shape index (κ1) is 19.3. The molecular formula is C18H30N2O3. The number of ether oxygens (including phenoxy) is 1. The van der Waals surface area contributed by atoms with Crippen molar-refractivity contribution in [1.29, 1.82) is 0 Å². The Morgan fingerprint density at radius 3 is 2.22 bits per heavy atom. The summed E-state index contributed by atoms with van der Waals surface area (Å²) in [4.78, 5) is 11.9. The van der Waals surface area contributed by atoms with Gasteiger partial charge in [-0.15, -0.1) is 0 Å². The number of rotatable bonds is 6. The predicted octanol–water partition coefficient (Wildman–Crippen LogP) is 3.74. The summed E-state index contributed by atoms with van der Waals surface area (Å²) in [7, 11) is 0. The third-order valence-corrected chi connectivity index (χ3v) is 3.33. The second kappa shape index (κ2) is 7.68. The minimum atomic E-state index is -0.508. The van der Waals surface area contributed by atoms with Crippen molar-refractivity contribution in [3.05, 3.63) is 29.8 Å². The molecular weight excluding hydrogens is 292 g/mol. The van der Waals surface area contributed by atoms with Gasteiger partial charge >= 0.3 is 6.09 Å². The molecule has 0 fully saturated rings. The van der Waals surface area contributed by atoms with E-state index in [2.05, 4.69) is 17.6 Å². The quantitative estimate of drug-likeness (QED) is 0.746. The average molecular weight is 322 g/mol. The third kappa shape index (κ3) is 7.37. The number of phenolic OH excluding ortho intramolecular Hbond substituents is 1. The van der Waals surface area contributed by atoms with Crippen LogP contribution in [0.2, 0.25) is 0 Å². The maximum atomic E-state index is 11.9. The minimum absolute atomic E-state index is 0.162. The van der Waals surface area contributed by atoms with Gasteiger partial charge in [0.1, 0.15) is 11.4 Å². The van der Waals surface area contributed by atoms with Gasteiger partial charge in [-0.3, -0.25) is 0 Å². The Bertz CT molecular complexity index is 504. The lowest BCUT2D eigenvalue weighted by Crippen LogP contribution is -2.52. The molecule has 3 N–H and O–H groups in total. The van der Waals surface area contributed by atoms with Crippen LogP contribution < -0.4 is 10.6 Å². The molecule has 0 radical (unpaired) electrons. The first-order chi connectivity index (χ1) is 10.5. The molecule has 1 aromatic carbocycles. The van der Waals surface area contributed by atoms with Crippen molar-refractivity contribution in [1.82, 2.24) is 10.6 Å². The van der Waals surface area contributed by atoms with Crippen molar-refractivity contribution >= 4 is 6.09 Å². The Morgan fingerprint density at radius 2 is 1.74 bits per heavy atom. The Morgan fingerprint density at radius 1 is 1.17 bits per heavy atom. The van der Waals surface area contributed by atoms with Gasteiger partial charge in [-0.05, 0) is 58.7 Å². The van der Waals surface area contributed by atoms with Gasteiger partial charge in [-0.25, -0.2) is 4.79 Å². The molecule has 0 bridgehead atoms. The van der Waals surface area contributed by atoms with Gasteiger partial charge in [-0.2, -0.15) is 0 Å². The zero-order chi connectivity index (χ0) is 17.7. The molecule has 0 aliphatic carbocycles. The maximum absolute atomic E-state index is 11.9. The highest BCUT2D eigenvalue weighted by atomic mass is 16.6. The van der Waals surface area contributed by atoms with E-state index in [9.17, 15) is 9.90 Å². The van der Waals surface area contributed by atoms with Crippen molar-refractivity contribution < 1.29 is 14.6 Å². The smallest absolute Gasteiger partial charge is 0.408 e. The van der Waals surface area contributed by atoms with Gasteiger partial charge in [-0.1, -0.05) is 19.1 Å². The molecule has 0 aliphatic rings. The van der Waals surface area contributed by atoms with E-state index >= 15 is 0 Å². The molecule has 0 aromatic heterocycles. The fourth-order valence-electron chi connectivity index (χ4n) is 2.21. The zero-order valence-electron chi connectivity index (χ0n) is 15.1. The van der Waals surface area contributed by atoms with Crippen LogP contribution in [0.1, 0.15) is 59.6 Å². The van der Waals surface area contributed by atoms with Crippen molar-refractivity contribution in [2.45, 2.75) is 65.1 Å². The number of carbonyl (C=O) groups excluding carboxylic acids is 1. The molecule has 1 rings (SSSR count). The topological polar surface area (TPSA) is 70.6 Å². The summed E-state index contributed by atoms with van der Waals surface area (Å²) >= 11 is 0. The predicted molar refractivity (Wildman–Crippen MR) is 92.6 cm³/mol. The van der Waals surface area contributed by atoms with E-state index in [1.807, 2.05) is 46.8 Å². The van der Waals surface area contributed by atoms with E-state index in [0.29, 0.717) is 6.54 Å². The Balaban J connectivity index is 2.59. The summed E-state index contributed by atoms with van der Waals surface area (Å²) in [6.45, 7) is 12.1. The number of hydrogen-bond donors (Lipinski definition) is 3. The van der Waals surface area contributed by atoms with E-state index in [-0.39, 0.29) is 11.8 Å². The molecule has 1 atom stereocenters. The molecule has 130 valence electrons. The van der Waals surface area contributed by atoms with Crippen molar-refractivity contribution in [3.8, 4) is 5.75 Å². The largest absolute Gasteiger partial charge is 0.508 e. The summed E-state index contributed by atoms with van der Waals surface area (Å²) in [6.07, 6.45) is 0.495. The van der Waals surface area contributed by atoms with Crippen molar-refractivity contribution in [2.24, 2.45) is 0 Å². The van der Waals surface area contributed by atoms with E-state index in [1.54, 1.807) is 12.1 Å². The summed E-state index contributed by atoms with van der Waals surface area (Å²) < 4.78 is 5.30. The van der Waals surface area contributed by atoms with Crippen LogP contribution in [0.15, 0.2) is 24.3 Å². The van der Waals surface area contributed by atoms with E-state index in [1.165, 1.54) is 0 Å². The molecule has 23 heavy (non-hydrogen) atoms. The Hall–Kier alpha value is -1.75. The molecule has 1 aromatic rings. The van der Waals surface area contributed by atoms with Crippen LogP contribution in [0.5, 0.6) is 5.75 Å². The molecule has 5 nitrogen and oxygen atoms in total. The molecule has 0 spiro atoms. The van der Waals surface area contributed by atoms with Gasteiger partial charge in [0.2, 0.25) is 0 Å². The number of aromatic hydroxyl groups is 1. The molecule has 1 amide bonds. The zero-order valence-corrected chi connectivity index (χ0v) is 15.1. The standard InChI is InChI=1S/C18H30N2O3/c1-7-15(13-8-10-14(21)11-9-13)19-12-18(5,6)20-16(22)23-17(2,3)4/h8-11,15,19,21H,7,12H2,1-6H3,(H,20,22). The number of benzene rings is 1. The highest BCUT2D eigenvalue weighted by Crippen LogP contribution is 2.20. The summed E-state index contributed by atoms with van der Waals surface area (Å²) in [5.74, 6) is 0.260. The number of alkyl carbamates (subject to hydrolysis) is 1. The van der Waals surface area contributed by atoms with Gasteiger partial charge < -0.3 is 20.5 Å². The number of carbonyl (C=O) groups is 1. The normalized spacial score (nSPS) is 13.5. The number of amides is 1. The van der Waals surface area contributed by atoms with Gasteiger partial charge in [0.25, 0.3) is 0 Å². The van der Waals surface area contributed by atoms with Crippen LogP contribution in [0.4, 0.5) is 4.79 Å². The third-order valence-electron chi connectivity index (χ3n) is 3.33. The van der Waals surface area contributed by atoms with Crippen LogP contribution in [0.25, 0.3) is 0 Å². The molecule has 0 saturated heterocycles. The second-order valence-electron chi connectivity index (χ2n) is 7.44. The summed E-state index contributed by atoms with van der Waals surface area (Å²) in [5, 5.41) is 15.7. The number of hydrogen-bond acceptors (Lipinski definition) is 4. The van der Waals surface area contributed by atoms with Gasteiger partial charge in [0.05, 0.1) is 5.54 Å². The highest BCUT2D eigenvalue weighted by molar-refractivity contribution is 5.68. The van der Waals surface area contributed by atoms with Gasteiger partial charge in [0.15, 0.2) is 0 Å². The number of nitrogens with one attached hydrogen (secondary N) is 2. The van der Waals surface area contributed by atoms with E-state index < -0.39 is 17.2 Å². The Labute approximate surface area is 139 Å². The average Bonchev–Trinajstić information content (AvgIpc) is 2.38. The van der Waals surface area contributed by atoms with Crippen molar-refractivity contribution in [2.75, 3.05) is 6.54 Å². The molecule has 0 heterocycles. The van der Waals surface area contributed by atoms with Crippen LogP contribution in [-0.2, 0) is 4.74 Å². The van der Waals surface area contributed by atoms with E-state index in [4.69, 9.17) is 4.74 Å². The first-order valence-electron chi connectivity index (χ1n) is 8.06. The highest BCUT2D eigenvalue weighted by Gasteiger charge is 2.25. The lowest BCUT2D eigenvalue weighted by atomic mass is 10.0. The molecule has 1 unspecified atom stereocenters. The van der Waals surface area contributed by atoms with Crippen LogP contribution in [0, 0.1) is 0 Å². The van der Waals surface area contributed by atoms with E-state index in [0.717, 1.165) is 12.0 Å². The lowest BCUT2D eigenvalue weighted by Gasteiger charge is -2.30. The fourth-order valence-corrected chi connectivity index (χ4v) is 2.21. The van der Waals surface area contributed by atoms with Crippen LogP contribution in [0.3, 0.4) is 0 Å². The molecule has 5 heteroatoms. The summed E-state index contributed by atoms with van der Waals surface area (Å²) in [5.41, 5.74) is 0.163. The van der Waals surface area contributed by atoms with Crippen molar-refractivity contribution in [3.63, 3.8) is 0 Å². The minimum Gasteiger partial charge on any atom is -0.508 e. The number of phenols is 1. The Kier molecular flexibility index (Phi) is 6.45. The van der Waals surface area contributed by atoms with Gasteiger partial charge in [0, 0.05) is 12.6 Å². The monoisotopic (exact) mass is 322 g/mol.